The van der Waals surface area contributed by atoms with Gasteiger partial charge in [-0.15, -0.1) is 11.3 Å². The molecule has 38 heavy (non-hydrogen) atoms. The number of carbonyl (C=O) groups excluding carboxylic acids is 2. The second-order valence-corrected chi connectivity index (χ2v) is 11.7. The molecule has 10 nitrogen and oxygen atoms in total. The summed E-state index contributed by atoms with van der Waals surface area (Å²) >= 11 is 1.29. The van der Waals surface area contributed by atoms with Gasteiger partial charge in [-0.05, 0) is 62.5 Å². The molecule has 0 aliphatic rings. The molecule has 2 N–H and O–H groups in total. The van der Waals surface area contributed by atoms with Crippen LogP contribution in [-0.4, -0.2) is 72.0 Å². The summed E-state index contributed by atoms with van der Waals surface area (Å²) < 4.78 is 24.4. The van der Waals surface area contributed by atoms with Crippen LogP contribution in [0.4, 0.5) is 5.13 Å². The molecule has 0 aliphatic carbocycles. The lowest BCUT2D eigenvalue weighted by atomic mass is 10.0. The third-order valence-corrected chi connectivity index (χ3v) is 7.46. The molecule has 0 saturated heterocycles. The molecule has 198 valence electrons. The maximum Gasteiger partial charge on any atom is 0.253 e. The standard InChI is InChI=1S/C26H28N6O4S2/c1-31(2)13-10-22(28-24(33)21-9-14-32(16-21)38(3,35)36)25(34)30-26-29-23(17-37-26)20-6-4-5-19(15-20)18-7-11-27-12-8-18/h4-9,11-12,14-17,22H,10,13H2,1-3H3,(H,28,33)(H,29,30,34). The highest BCUT2D eigenvalue weighted by molar-refractivity contribution is 7.89. The highest BCUT2D eigenvalue weighted by Crippen LogP contribution is 2.28. The normalized spacial score (nSPS) is 12.3. The van der Waals surface area contributed by atoms with Crippen LogP contribution in [0, 0.1) is 0 Å². The van der Waals surface area contributed by atoms with Gasteiger partial charge in [0.15, 0.2) is 5.13 Å². The number of nitrogens with zero attached hydrogens (tertiary/aromatic N) is 4. The van der Waals surface area contributed by atoms with Gasteiger partial charge in [0.2, 0.25) is 15.9 Å². The molecule has 0 radical (unpaired) electrons. The van der Waals surface area contributed by atoms with Gasteiger partial charge in [-0.2, -0.15) is 0 Å². The summed E-state index contributed by atoms with van der Waals surface area (Å²) in [6.07, 6.45) is 7.39. The first kappa shape index (κ1) is 27.2. The smallest absolute Gasteiger partial charge is 0.253 e. The minimum absolute atomic E-state index is 0.142. The lowest BCUT2D eigenvalue weighted by Crippen LogP contribution is -2.45. The van der Waals surface area contributed by atoms with E-state index in [9.17, 15) is 18.0 Å². The molecule has 3 heterocycles. The molecular weight excluding hydrogens is 524 g/mol. The van der Waals surface area contributed by atoms with Gasteiger partial charge in [-0.3, -0.25) is 18.5 Å². The Balaban J connectivity index is 1.48. The van der Waals surface area contributed by atoms with E-state index in [0.717, 1.165) is 32.6 Å². The first-order chi connectivity index (χ1) is 18.1. The van der Waals surface area contributed by atoms with E-state index < -0.39 is 27.9 Å². The zero-order valence-electron chi connectivity index (χ0n) is 21.2. The van der Waals surface area contributed by atoms with Crippen molar-refractivity contribution in [1.29, 1.82) is 0 Å². The zero-order chi connectivity index (χ0) is 27.3. The molecule has 4 aromatic rings. The molecule has 1 aromatic carbocycles. The van der Waals surface area contributed by atoms with E-state index in [-0.39, 0.29) is 5.56 Å². The lowest BCUT2D eigenvalue weighted by molar-refractivity contribution is -0.118. The number of carbonyl (C=O) groups is 2. The SMILES string of the molecule is CN(C)CCC(NC(=O)c1ccn(S(C)(=O)=O)c1)C(=O)Nc1nc(-c2cccc(-c3ccncc3)c2)cs1. The van der Waals surface area contributed by atoms with Crippen LogP contribution < -0.4 is 10.6 Å². The number of benzene rings is 1. The Labute approximate surface area is 225 Å². The number of rotatable bonds is 10. The second kappa shape index (κ2) is 11.7. The monoisotopic (exact) mass is 552 g/mol. The molecule has 4 rings (SSSR count). The number of hydrogen-bond acceptors (Lipinski definition) is 8. The molecular formula is C26H28N6O4S2. The fourth-order valence-corrected chi connectivity index (χ4v) is 4.98. The average Bonchev–Trinajstić information content (AvgIpc) is 3.57. The van der Waals surface area contributed by atoms with Crippen molar-refractivity contribution in [1.82, 2.24) is 24.2 Å². The van der Waals surface area contributed by atoms with Crippen molar-refractivity contribution in [2.45, 2.75) is 12.5 Å². The molecule has 0 fully saturated rings. The van der Waals surface area contributed by atoms with Gasteiger partial charge in [0.05, 0.1) is 17.5 Å². The van der Waals surface area contributed by atoms with Crippen molar-refractivity contribution in [3.63, 3.8) is 0 Å². The summed E-state index contributed by atoms with van der Waals surface area (Å²) in [5.41, 5.74) is 3.83. The van der Waals surface area contributed by atoms with Crippen molar-refractivity contribution in [3.8, 4) is 22.4 Å². The van der Waals surface area contributed by atoms with Crippen LogP contribution in [0.15, 0.2) is 72.6 Å². The predicted molar refractivity (Wildman–Crippen MR) is 149 cm³/mol. The zero-order valence-corrected chi connectivity index (χ0v) is 22.8. The van der Waals surface area contributed by atoms with Crippen LogP contribution in [0.2, 0.25) is 0 Å². The summed E-state index contributed by atoms with van der Waals surface area (Å²) in [4.78, 5) is 36.5. The number of nitrogens with one attached hydrogen (secondary N) is 2. The lowest BCUT2D eigenvalue weighted by Gasteiger charge is -2.19. The van der Waals surface area contributed by atoms with Gasteiger partial charge >= 0.3 is 0 Å². The third kappa shape index (κ3) is 6.91. The Bertz CT molecular complexity index is 1530. The molecule has 1 atom stereocenters. The van der Waals surface area contributed by atoms with E-state index in [2.05, 4.69) is 20.6 Å². The van der Waals surface area contributed by atoms with Crippen LogP contribution in [0.3, 0.4) is 0 Å². The number of pyridine rings is 1. The van der Waals surface area contributed by atoms with E-state index in [0.29, 0.717) is 18.1 Å². The second-order valence-electron chi connectivity index (χ2n) is 8.95. The highest BCUT2D eigenvalue weighted by atomic mass is 32.2. The van der Waals surface area contributed by atoms with Crippen molar-refractivity contribution < 1.29 is 18.0 Å². The van der Waals surface area contributed by atoms with Crippen LogP contribution in [0.25, 0.3) is 22.4 Å². The van der Waals surface area contributed by atoms with Crippen molar-refractivity contribution in [2.75, 3.05) is 32.2 Å². The quantitative estimate of drug-likeness (QED) is 0.309. The Hall–Kier alpha value is -3.87. The average molecular weight is 553 g/mol. The topological polar surface area (TPSA) is 126 Å². The number of amides is 2. The summed E-state index contributed by atoms with van der Waals surface area (Å²) in [6.45, 7) is 0.549. The number of anilines is 1. The summed E-state index contributed by atoms with van der Waals surface area (Å²) in [5.74, 6) is -0.951. The maximum atomic E-state index is 13.2. The fourth-order valence-electron chi connectivity index (χ4n) is 3.67. The highest BCUT2D eigenvalue weighted by Gasteiger charge is 2.23. The van der Waals surface area contributed by atoms with Crippen molar-refractivity contribution in [2.24, 2.45) is 0 Å². The van der Waals surface area contributed by atoms with Crippen molar-refractivity contribution in [3.05, 3.63) is 78.2 Å². The van der Waals surface area contributed by atoms with E-state index in [1.54, 1.807) is 12.4 Å². The maximum absolute atomic E-state index is 13.2. The third-order valence-electron chi connectivity index (χ3n) is 5.71. The molecule has 0 bridgehead atoms. The van der Waals surface area contributed by atoms with E-state index in [4.69, 9.17) is 0 Å². The van der Waals surface area contributed by atoms with Gasteiger partial charge in [-0.25, -0.2) is 13.4 Å². The van der Waals surface area contributed by atoms with Gasteiger partial charge in [-0.1, -0.05) is 18.2 Å². The van der Waals surface area contributed by atoms with Crippen LogP contribution in [0.1, 0.15) is 16.8 Å². The van der Waals surface area contributed by atoms with E-state index >= 15 is 0 Å². The molecule has 1 unspecified atom stereocenters. The molecule has 0 spiro atoms. The van der Waals surface area contributed by atoms with Gasteiger partial charge < -0.3 is 15.5 Å². The van der Waals surface area contributed by atoms with Gasteiger partial charge in [0, 0.05) is 35.7 Å². The fraction of sp³-hybridized carbons (Fsp3) is 0.231. The minimum Gasteiger partial charge on any atom is -0.340 e. The van der Waals surface area contributed by atoms with E-state index in [1.807, 2.05) is 60.8 Å². The first-order valence-electron chi connectivity index (χ1n) is 11.7. The minimum atomic E-state index is -3.52. The Morgan fingerprint density at radius 2 is 1.82 bits per heavy atom. The van der Waals surface area contributed by atoms with Gasteiger partial charge in [0.1, 0.15) is 6.04 Å². The number of hydrogen-bond donors (Lipinski definition) is 2. The van der Waals surface area contributed by atoms with Crippen LogP contribution >= 0.6 is 11.3 Å². The number of aromatic nitrogens is 3. The summed E-state index contributed by atoms with van der Waals surface area (Å²) in [6, 6.07) is 12.3. The van der Waals surface area contributed by atoms with Crippen molar-refractivity contribution >= 4 is 38.3 Å². The Kier molecular flexibility index (Phi) is 8.35. The number of thiazole rings is 1. The molecule has 12 heteroatoms. The van der Waals surface area contributed by atoms with E-state index in [1.165, 1.54) is 29.8 Å². The summed E-state index contributed by atoms with van der Waals surface area (Å²) in [7, 11) is 0.222. The first-order valence-corrected chi connectivity index (χ1v) is 14.4. The molecule has 3 aromatic heterocycles. The largest absolute Gasteiger partial charge is 0.340 e. The van der Waals surface area contributed by atoms with Crippen LogP contribution in [-0.2, 0) is 14.8 Å². The molecule has 2 amide bonds. The van der Waals surface area contributed by atoms with Crippen LogP contribution in [0.5, 0.6) is 0 Å². The molecule has 0 saturated carbocycles. The Morgan fingerprint density at radius 1 is 1.08 bits per heavy atom. The predicted octanol–water partition coefficient (Wildman–Crippen LogP) is 3.17. The Morgan fingerprint density at radius 3 is 2.50 bits per heavy atom. The molecule has 0 aliphatic heterocycles. The summed E-state index contributed by atoms with van der Waals surface area (Å²) in [5, 5.41) is 7.81. The van der Waals surface area contributed by atoms with Gasteiger partial charge in [0.25, 0.3) is 5.91 Å².